The van der Waals surface area contributed by atoms with Crippen LogP contribution in [-0.2, 0) is 6.18 Å². The lowest BCUT2D eigenvalue weighted by Crippen LogP contribution is -2.00. The molecule has 68 valence electrons. The predicted molar refractivity (Wildman–Crippen MR) is 40.5 cm³/mol. The minimum Gasteiger partial charge on any atom is -0.484 e. The third-order valence-electron chi connectivity index (χ3n) is 1.15. The van der Waals surface area contributed by atoms with E-state index in [9.17, 15) is 13.2 Å². The van der Waals surface area contributed by atoms with E-state index in [1.807, 2.05) is 0 Å². The van der Waals surface area contributed by atoms with Gasteiger partial charge in [-0.2, -0.15) is 13.2 Å². The van der Waals surface area contributed by atoms with Gasteiger partial charge in [0, 0.05) is 0 Å². The minimum atomic E-state index is -4.25. The molecule has 1 nitrogen and oxygen atoms in total. The fraction of sp³-hybridized carbons (Fsp3) is 0.429. The van der Waals surface area contributed by atoms with Crippen molar-refractivity contribution in [2.24, 2.45) is 0 Å². The highest BCUT2D eigenvalue weighted by atomic mass is 32.1. The molecule has 1 heterocycles. The van der Waals surface area contributed by atoms with Gasteiger partial charge >= 0.3 is 6.18 Å². The SMILES string of the molecule is CCOc1ccc(C(F)(F)F)s1. The van der Waals surface area contributed by atoms with Crippen molar-refractivity contribution in [1.82, 2.24) is 0 Å². The van der Waals surface area contributed by atoms with Gasteiger partial charge in [-0.25, -0.2) is 0 Å². The monoisotopic (exact) mass is 196 g/mol. The van der Waals surface area contributed by atoms with Crippen molar-refractivity contribution < 1.29 is 17.9 Å². The summed E-state index contributed by atoms with van der Waals surface area (Å²) in [5.41, 5.74) is 0. The zero-order chi connectivity index (χ0) is 9.19. The van der Waals surface area contributed by atoms with Crippen LogP contribution in [0, 0.1) is 0 Å². The van der Waals surface area contributed by atoms with Crippen LogP contribution < -0.4 is 4.74 Å². The second kappa shape index (κ2) is 3.35. The van der Waals surface area contributed by atoms with Crippen LogP contribution in [0.2, 0.25) is 0 Å². The summed E-state index contributed by atoms with van der Waals surface area (Å²) in [5.74, 6) is 0. The van der Waals surface area contributed by atoms with Gasteiger partial charge in [0.15, 0.2) is 5.06 Å². The molecule has 12 heavy (non-hydrogen) atoms. The largest absolute Gasteiger partial charge is 0.484 e. The number of ether oxygens (including phenoxy) is 1. The van der Waals surface area contributed by atoms with E-state index in [2.05, 4.69) is 0 Å². The molecule has 1 aromatic heterocycles. The highest BCUT2D eigenvalue weighted by Crippen LogP contribution is 2.37. The maximum absolute atomic E-state index is 12.0. The second-order valence-corrected chi connectivity index (χ2v) is 3.10. The van der Waals surface area contributed by atoms with E-state index in [0.29, 0.717) is 23.0 Å². The molecule has 0 bridgehead atoms. The molecule has 1 rings (SSSR count). The molecular formula is C7H7F3OS. The Morgan fingerprint density at radius 1 is 1.42 bits per heavy atom. The van der Waals surface area contributed by atoms with Crippen molar-refractivity contribution in [2.45, 2.75) is 13.1 Å². The zero-order valence-electron chi connectivity index (χ0n) is 6.31. The summed E-state index contributed by atoms with van der Waals surface area (Å²) in [6.07, 6.45) is -4.25. The van der Waals surface area contributed by atoms with Gasteiger partial charge in [0.05, 0.1) is 6.61 Å². The number of halogens is 3. The molecule has 0 unspecified atom stereocenters. The summed E-state index contributed by atoms with van der Waals surface area (Å²) in [6, 6.07) is 2.35. The lowest BCUT2D eigenvalue weighted by Gasteiger charge is -2.00. The van der Waals surface area contributed by atoms with E-state index in [4.69, 9.17) is 4.74 Å². The lowest BCUT2D eigenvalue weighted by atomic mass is 10.5. The molecule has 5 heteroatoms. The van der Waals surface area contributed by atoms with Gasteiger partial charge in [-0.1, -0.05) is 11.3 Å². The summed E-state index contributed by atoms with van der Waals surface area (Å²) in [6.45, 7) is 2.12. The van der Waals surface area contributed by atoms with Gasteiger partial charge in [0.1, 0.15) is 4.88 Å². The normalized spacial score (nSPS) is 11.7. The molecule has 0 saturated heterocycles. The fourth-order valence-electron chi connectivity index (χ4n) is 0.692. The van der Waals surface area contributed by atoms with Crippen LogP contribution in [-0.4, -0.2) is 6.61 Å². The Morgan fingerprint density at radius 3 is 2.50 bits per heavy atom. The van der Waals surface area contributed by atoms with Crippen molar-refractivity contribution in [3.8, 4) is 5.06 Å². The van der Waals surface area contributed by atoms with Crippen LogP contribution in [0.1, 0.15) is 11.8 Å². The first-order chi connectivity index (χ1) is 5.54. The van der Waals surface area contributed by atoms with Crippen LogP contribution in [0.5, 0.6) is 5.06 Å². The first kappa shape index (κ1) is 9.38. The summed E-state index contributed by atoms with van der Waals surface area (Å²) < 4.78 is 40.9. The van der Waals surface area contributed by atoms with Gasteiger partial charge < -0.3 is 4.74 Å². The van der Waals surface area contributed by atoms with Crippen LogP contribution in [0.3, 0.4) is 0 Å². The van der Waals surface area contributed by atoms with E-state index in [1.54, 1.807) is 6.92 Å². The Bertz CT molecular complexity index is 253. The first-order valence-corrected chi connectivity index (χ1v) is 4.15. The molecule has 0 saturated carbocycles. The fourth-order valence-corrected chi connectivity index (χ4v) is 1.47. The second-order valence-electron chi connectivity index (χ2n) is 2.05. The molecular weight excluding hydrogens is 189 g/mol. The molecule has 0 aliphatic heterocycles. The summed E-state index contributed by atoms with van der Waals surface area (Å²) in [4.78, 5) is -0.619. The van der Waals surface area contributed by atoms with E-state index in [-0.39, 0.29) is 0 Å². The van der Waals surface area contributed by atoms with Gasteiger partial charge in [-0.05, 0) is 19.1 Å². The average Bonchev–Trinajstić information content (AvgIpc) is 2.35. The lowest BCUT2D eigenvalue weighted by molar-refractivity contribution is -0.134. The van der Waals surface area contributed by atoms with Crippen LogP contribution >= 0.6 is 11.3 Å². The smallest absolute Gasteiger partial charge is 0.425 e. The molecule has 0 N–H and O–H groups in total. The molecule has 0 fully saturated rings. The Kier molecular flexibility index (Phi) is 2.62. The van der Waals surface area contributed by atoms with E-state index >= 15 is 0 Å². The molecule has 0 spiro atoms. The molecule has 1 aromatic rings. The maximum Gasteiger partial charge on any atom is 0.425 e. The van der Waals surface area contributed by atoms with E-state index in [1.165, 1.54) is 6.07 Å². The van der Waals surface area contributed by atoms with Crippen molar-refractivity contribution in [1.29, 1.82) is 0 Å². The third-order valence-corrected chi connectivity index (χ3v) is 2.19. The minimum absolute atomic E-state index is 0.310. The Hall–Kier alpha value is -0.710. The predicted octanol–water partition coefficient (Wildman–Crippen LogP) is 3.17. The molecule has 0 atom stereocenters. The number of thiophene rings is 1. The molecule has 0 amide bonds. The number of hydrogen-bond acceptors (Lipinski definition) is 2. The van der Waals surface area contributed by atoms with Crippen molar-refractivity contribution in [2.75, 3.05) is 6.61 Å². The van der Waals surface area contributed by atoms with E-state index in [0.717, 1.165) is 6.07 Å². The van der Waals surface area contributed by atoms with Crippen molar-refractivity contribution >= 4 is 11.3 Å². The highest BCUT2D eigenvalue weighted by molar-refractivity contribution is 7.13. The summed E-state index contributed by atoms with van der Waals surface area (Å²) >= 11 is 0.617. The summed E-state index contributed by atoms with van der Waals surface area (Å²) in [5, 5.41) is 0.310. The third kappa shape index (κ3) is 2.14. The molecule has 0 aliphatic rings. The zero-order valence-corrected chi connectivity index (χ0v) is 7.13. The van der Waals surface area contributed by atoms with Crippen LogP contribution in [0.4, 0.5) is 13.2 Å². The number of hydrogen-bond donors (Lipinski definition) is 0. The molecule has 0 aliphatic carbocycles. The molecule has 0 aromatic carbocycles. The van der Waals surface area contributed by atoms with Gasteiger partial charge in [-0.15, -0.1) is 0 Å². The quantitative estimate of drug-likeness (QED) is 0.705. The summed E-state index contributed by atoms with van der Waals surface area (Å²) in [7, 11) is 0. The van der Waals surface area contributed by atoms with E-state index < -0.39 is 11.1 Å². The van der Waals surface area contributed by atoms with Crippen LogP contribution in [0.15, 0.2) is 12.1 Å². The van der Waals surface area contributed by atoms with Gasteiger partial charge in [0.2, 0.25) is 0 Å². The average molecular weight is 196 g/mol. The Labute approximate surface area is 71.8 Å². The first-order valence-electron chi connectivity index (χ1n) is 3.34. The highest BCUT2D eigenvalue weighted by Gasteiger charge is 2.32. The van der Waals surface area contributed by atoms with Gasteiger partial charge in [-0.3, -0.25) is 0 Å². The standard InChI is InChI=1S/C7H7F3OS/c1-2-11-6-4-3-5(12-6)7(8,9)10/h3-4H,2H2,1H3. The van der Waals surface area contributed by atoms with Crippen LogP contribution in [0.25, 0.3) is 0 Å². The maximum atomic E-state index is 12.0. The molecule has 0 radical (unpaired) electrons. The number of rotatable bonds is 2. The topological polar surface area (TPSA) is 9.23 Å². The van der Waals surface area contributed by atoms with Gasteiger partial charge in [0.25, 0.3) is 0 Å². The van der Waals surface area contributed by atoms with Crippen molar-refractivity contribution in [3.63, 3.8) is 0 Å². The number of alkyl halides is 3. The Balaban J connectivity index is 2.77. The van der Waals surface area contributed by atoms with Crippen molar-refractivity contribution in [3.05, 3.63) is 17.0 Å². The Morgan fingerprint density at radius 2 is 2.08 bits per heavy atom.